The van der Waals surface area contributed by atoms with Gasteiger partial charge in [-0.25, -0.2) is 4.79 Å². The Kier molecular flexibility index (Phi) is 4.67. The topological polar surface area (TPSA) is 54.4 Å². The molecule has 0 aromatic carbocycles. The van der Waals surface area contributed by atoms with Crippen LogP contribution in [0.2, 0.25) is 0 Å². The van der Waals surface area contributed by atoms with Crippen molar-refractivity contribution < 1.29 is 14.7 Å². The molecule has 0 heterocycles. The van der Waals surface area contributed by atoms with E-state index in [0.29, 0.717) is 47.2 Å². The van der Waals surface area contributed by atoms with Gasteiger partial charge in [0.15, 0.2) is 0 Å². The quantitative estimate of drug-likeness (QED) is 0.505. The monoisotopic (exact) mass is 384 g/mol. The molecular weight excluding hydrogens is 348 g/mol. The molecular formula is C25H36O3. The SMILES string of the molecule is C[C@H](/C=C/C(=O)O)C1CCC2C3C=CC4(C)CC(=O)CC[C@]4(C)C3CC[C@@]21C. The lowest BCUT2D eigenvalue weighted by molar-refractivity contribution is -0.137. The molecule has 0 radical (unpaired) electrons. The maximum absolute atomic E-state index is 12.2. The van der Waals surface area contributed by atoms with E-state index < -0.39 is 5.97 Å². The first-order valence-electron chi connectivity index (χ1n) is 11.2. The van der Waals surface area contributed by atoms with Crippen LogP contribution in [0.1, 0.15) is 72.6 Å². The van der Waals surface area contributed by atoms with E-state index >= 15 is 0 Å². The lowest BCUT2D eigenvalue weighted by Gasteiger charge is -2.62. The highest BCUT2D eigenvalue weighted by Gasteiger charge is 2.62. The molecule has 3 fully saturated rings. The fourth-order valence-corrected chi connectivity index (χ4v) is 8.05. The molecule has 1 N–H and O–H groups in total. The molecule has 0 spiro atoms. The molecule has 0 aromatic heterocycles. The van der Waals surface area contributed by atoms with Crippen LogP contribution in [0.25, 0.3) is 0 Å². The van der Waals surface area contributed by atoms with Gasteiger partial charge in [0.1, 0.15) is 5.78 Å². The van der Waals surface area contributed by atoms with Crippen LogP contribution in [0, 0.1) is 45.8 Å². The minimum absolute atomic E-state index is 0.0206. The Morgan fingerprint density at radius 1 is 1.18 bits per heavy atom. The Bertz CT molecular complexity index is 736. The molecule has 4 rings (SSSR count). The molecule has 3 heteroatoms. The number of carbonyl (C=O) groups excluding carboxylic acids is 1. The summed E-state index contributed by atoms with van der Waals surface area (Å²) in [5.74, 6) is 2.45. The fourth-order valence-electron chi connectivity index (χ4n) is 8.05. The second kappa shape index (κ2) is 6.57. The van der Waals surface area contributed by atoms with Gasteiger partial charge in [-0.1, -0.05) is 45.9 Å². The normalized spacial score (nSPS) is 48.8. The van der Waals surface area contributed by atoms with Crippen LogP contribution in [0.5, 0.6) is 0 Å². The highest BCUT2D eigenvalue weighted by atomic mass is 16.4. The van der Waals surface area contributed by atoms with Crippen molar-refractivity contribution in [2.24, 2.45) is 45.8 Å². The van der Waals surface area contributed by atoms with Gasteiger partial charge in [0, 0.05) is 18.9 Å². The third kappa shape index (κ3) is 2.75. The van der Waals surface area contributed by atoms with Gasteiger partial charge in [-0.2, -0.15) is 0 Å². The number of carbonyl (C=O) groups is 2. The third-order valence-corrected chi connectivity index (χ3v) is 9.88. The van der Waals surface area contributed by atoms with Gasteiger partial charge in [0.2, 0.25) is 0 Å². The largest absolute Gasteiger partial charge is 0.478 e. The average Bonchev–Trinajstić information content (AvgIpc) is 2.98. The Morgan fingerprint density at radius 3 is 2.64 bits per heavy atom. The van der Waals surface area contributed by atoms with Crippen LogP contribution in [0.4, 0.5) is 0 Å². The molecule has 0 saturated heterocycles. The summed E-state index contributed by atoms with van der Waals surface area (Å²) < 4.78 is 0. The molecule has 0 aliphatic heterocycles. The van der Waals surface area contributed by atoms with E-state index in [-0.39, 0.29) is 10.8 Å². The highest BCUT2D eigenvalue weighted by Crippen LogP contribution is 2.69. The molecule has 0 amide bonds. The lowest BCUT2D eigenvalue weighted by atomic mass is 9.42. The zero-order valence-corrected chi connectivity index (χ0v) is 17.9. The molecule has 0 bridgehead atoms. The van der Waals surface area contributed by atoms with Crippen LogP contribution < -0.4 is 0 Å². The number of carboxylic acid groups (broad SMARTS) is 1. The van der Waals surface area contributed by atoms with Crippen molar-refractivity contribution in [2.45, 2.75) is 72.6 Å². The van der Waals surface area contributed by atoms with Crippen molar-refractivity contribution in [1.82, 2.24) is 0 Å². The number of aliphatic carboxylic acids is 1. The van der Waals surface area contributed by atoms with Gasteiger partial charge in [-0.05, 0) is 77.9 Å². The predicted octanol–water partition coefficient (Wildman–Crippen LogP) is 5.66. The smallest absolute Gasteiger partial charge is 0.327 e. The molecule has 4 aliphatic rings. The highest BCUT2D eigenvalue weighted by molar-refractivity contribution is 5.81. The van der Waals surface area contributed by atoms with E-state index in [9.17, 15) is 9.59 Å². The van der Waals surface area contributed by atoms with Crippen molar-refractivity contribution >= 4 is 11.8 Å². The van der Waals surface area contributed by atoms with Crippen molar-refractivity contribution in [3.05, 3.63) is 24.3 Å². The van der Waals surface area contributed by atoms with Gasteiger partial charge in [0.25, 0.3) is 0 Å². The Balaban J connectivity index is 1.63. The Morgan fingerprint density at radius 2 is 1.93 bits per heavy atom. The van der Waals surface area contributed by atoms with Crippen molar-refractivity contribution in [2.75, 3.05) is 0 Å². The van der Waals surface area contributed by atoms with Crippen LogP contribution >= 0.6 is 0 Å². The zero-order chi connectivity index (χ0) is 20.3. The Hall–Kier alpha value is -1.38. The minimum Gasteiger partial charge on any atom is -0.478 e. The molecule has 5 unspecified atom stereocenters. The summed E-state index contributed by atoms with van der Waals surface area (Å²) in [6.45, 7) is 9.46. The Labute approximate surface area is 169 Å². The maximum atomic E-state index is 12.2. The van der Waals surface area contributed by atoms with Gasteiger partial charge in [-0.3, -0.25) is 4.79 Å². The number of carboxylic acids is 1. The summed E-state index contributed by atoms with van der Waals surface area (Å²) in [6, 6.07) is 0. The average molecular weight is 385 g/mol. The summed E-state index contributed by atoms with van der Waals surface area (Å²) in [4.78, 5) is 23.2. The summed E-state index contributed by atoms with van der Waals surface area (Å²) in [7, 11) is 0. The molecule has 4 aliphatic carbocycles. The zero-order valence-electron chi connectivity index (χ0n) is 17.9. The van der Waals surface area contributed by atoms with Crippen LogP contribution in [0.3, 0.4) is 0 Å². The summed E-state index contributed by atoms with van der Waals surface area (Å²) in [5.41, 5.74) is 0.545. The predicted molar refractivity (Wildman–Crippen MR) is 111 cm³/mol. The van der Waals surface area contributed by atoms with Gasteiger partial charge in [0.05, 0.1) is 0 Å². The number of rotatable bonds is 3. The maximum Gasteiger partial charge on any atom is 0.327 e. The van der Waals surface area contributed by atoms with Crippen molar-refractivity contribution in [3.8, 4) is 0 Å². The number of Topliss-reactive ketones (excluding diaryl/α,β-unsaturated/α-hetero) is 1. The van der Waals surface area contributed by atoms with Crippen molar-refractivity contribution in [3.63, 3.8) is 0 Å². The summed E-state index contributed by atoms with van der Waals surface area (Å²) in [5, 5.41) is 9.02. The summed E-state index contributed by atoms with van der Waals surface area (Å²) >= 11 is 0. The first kappa shape index (κ1) is 19.9. The molecule has 28 heavy (non-hydrogen) atoms. The van der Waals surface area contributed by atoms with E-state index in [4.69, 9.17) is 5.11 Å². The number of hydrogen-bond donors (Lipinski definition) is 1. The molecule has 3 saturated carbocycles. The van der Waals surface area contributed by atoms with E-state index in [1.165, 1.54) is 31.8 Å². The van der Waals surface area contributed by atoms with Gasteiger partial charge in [-0.15, -0.1) is 0 Å². The van der Waals surface area contributed by atoms with Crippen LogP contribution in [0.15, 0.2) is 24.3 Å². The van der Waals surface area contributed by atoms with Crippen molar-refractivity contribution in [1.29, 1.82) is 0 Å². The minimum atomic E-state index is -0.843. The standard InChI is InChI=1S/C25H36O3/c1-16(5-8-22(27)28)19-6-7-20-18-10-12-23(2)15-17(26)9-14-25(23,4)21(18)11-13-24(19,20)3/h5,8,10,12,16,18-21H,6-7,9,11,13-15H2,1-4H3,(H,27,28)/b8-5+/t16-,18?,19?,20?,21?,23?,24-,25-/m1/s1. The van der Waals surface area contributed by atoms with E-state index in [2.05, 4.69) is 39.8 Å². The van der Waals surface area contributed by atoms with E-state index in [0.717, 1.165) is 12.8 Å². The van der Waals surface area contributed by atoms with E-state index in [1.807, 2.05) is 6.08 Å². The second-order valence-corrected chi connectivity index (χ2v) is 11.0. The van der Waals surface area contributed by atoms with Gasteiger partial charge >= 0.3 is 5.97 Å². The molecule has 3 nitrogen and oxygen atoms in total. The number of allylic oxidation sites excluding steroid dienone is 3. The number of fused-ring (bicyclic) bond motifs is 5. The molecule has 0 aromatic rings. The van der Waals surface area contributed by atoms with Gasteiger partial charge < -0.3 is 5.11 Å². The fraction of sp³-hybridized carbons (Fsp3) is 0.760. The van der Waals surface area contributed by atoms with E-state index in [1.54, 1.807) is 0 Å². The van der Waals surface area contributed by atoms with Crippen LogP contribution in [-0.4, -0.2) is 16.9 Å². The molecule has 8 atom stereocenters. The second-order valence-electron chi connectivity index (χ2n) is 11.0. The summed E-state index contributed by atoms with van der Waals surface area (Å²) in [6.07, 6.45) is 15.6. The third-order valence-electron chi connectivity index (χ3n) is 9.88. The number of ketones is 1. The lowest BCUT2D eigenvalue weighted by Crippen LogP contribution is -2.55. The molecule has 154 valence electrons. The van der Waals surface area contributed by atoms with Crippen LogP contribution in [-0.2, 0) is 9.59 Å². The first-order chi connectivity index (χ1) is 13.1. The number of hydrogen-bond acceptors (Lipinski definition) is 2. The first-order valence-corrected chi connectivity index (χ1v) is 11.2.